The van der Waals surface area contributed by atoms with Crippen LogP contribution >= 0.6 is 0 Å². The molecule has 2 heterocycles. The quantitative estimate of drug-likeness (QED) is 0.744. The number of nitrogens with one attached hydrogen (secondary N) is 1. The van der Waals surface area contributed by atoms with E-state index in [1.165, 1.54) is 52.0 Å². The Bertz CT molecular complexity index is 189. The van der Waals surface area contributed by atoms with Crippen LogP contribution in [0.25, 0.3) is 0 Å². The van der Waals surface area contributed by atoms with E-state index in [4.69, 9.17) is 0 Å². The SMILES string of the molecule is CC(CC1CCCN1C)N1CCNCC1. The average molecular weight is 211 g/mol. The Morgan fingerprint density at radius 3 is 2.60 bits per heavy atom. The highest BCUT2D eigenvalue weighted by Crippen LogP contribution is 2.21. The van der Waals surface area contributed by atoms with Gasteiger partial charge in [-0.25, -0.2) is 0 Å². The van der Waals surface area contributed by atoms with Gasteiger partial charge in [-0.3, -0.25) is 4.90 Å². The molecule has 2 saturated heterocycles. The summed E-state index contributed by atoms with van der Waals surface area (Å²) in [6.45, 7) is 8.52. The van der Waals surface area contributed by atoms with Crippen LogP contribution in [0, 0.1) is 0 Å². The summed E-state index contributed by atoms with van der Waals surface area (Å²) in [6, 6.07) is 1.60. The lowest BCUT2D eigenvalue weighted by molar-refractivity contribution is 0.148. The molecular formula is C12H25N3. The molecule has 3 heteroatoms. The van der Waals surface area contributed by atoms with E-state index in [-0.39, 0.29) is 0 Å². The van der Waals surface area contributed by atoms with Crippen molar-refractivity contribution in [2.45, 2.75) is 38.3 Å². The Morgan fingerprint density at radius 2 is 2.00 bits per heavy atom. The molecule has 0 bridgehead atoms. The highest BCUT2D eigenvalue weighted by Gasteiger charge is 2.25. The molecule has 0 radical (unpaired) electrons. The van der Waals surface area contributed by atoms with Crippen molar-refractivity contribution in [1.82, 2.24) is 15.1 Å². The Morgan fingerprint density at radius 1 is 1.27 bits per heavy atom. The lowest BCUT2D eigenvalue weighted by atomic mass is 10.0. The molecule has 2 atom stereocenters. The van der Waals surface area contributed by atoms with Gasteiger partial charge in [0.25, 0.3) is 0 Å². The number of piperazine rings is 1. The predicted molar refractivity (Wildman–Crippen MR) is 64.2 cm³/mol. The second-order valence-electron chi connectivity index (χ2n) is 5.15. The van der Waals surface area contributed by atoms with E-state index in [2.05, 4.69) is 29.1 Å². The second kappa shape index (κ2) is 5.28. The molecule has 15 heavy (non-hydrogen) atoms. The maximum atomic E-state index is 3.42. The standard InChI is InChI=1S/C12H25N3/c1-11(15-8-5-13-6-9-15)10-12-4-3-7-14(12)2/h11-13H,3-10H2,1-2H3. The third kappa shape index (κ3) is 2.92. The number of hydrogen-bond acceptors (Lipinski definition) is 3. The van der Waals surface area contributed by atoms with Gasteiger partial charge < -0.3 is 10.2 Å². The van der Waals surface area contributed by atoms with Crippen LogP contribution < -0.4 is 5.32 Å². The second-order valence-corrected chi connectivity index (χ2v) is 5.15. The molecule has 0 aromatic heterocycles. The smallest absolute Gasteiger partial charge is 0.0110 e. The Balaban J connectivity index is 1.77. The first-order valence-corrected chi connectivity index (χ1v) is 6.42. The van der Waals surface area contributed by atoms with Gasteiger partial charge >= 0.3 is 0 Å². The maximum Gasteiger partial charge on any atom is 0.0110 e. The first kappa shape index (κ1) is 11.4. The molecule has 0 saturated carbocycles. The molecule has 2 unspecified atom stereocenters. The van der Waals surface area contributed by atoms with Crippen LogP contribution in [0.15, 0.2) is 0 Å². The fourth-order valence-electron chi connectivity index (χ4n) is 2.94. The number of rotatable bonds is 3. The van der Waals surface area contributed by atoms with Gasteiger partial charge in [0, 0.05) is 38.3 Å². The highest BCUT2D eigenvalue weighted by molar-refractivity contribution is 4.82. The van der Waals surface area contributed by atoms with Gasteiger partial charge in [-0.2, -0.15) is 0 Å². The van der Waals surface area contributed by atoms with Crippen LogP contribution in [0.5, 0.6) is 0 Å². The third-order valence-corrected chi connectivity index (χ3v) is 4.06. The number of likely N-dealkylation sites (tertiary alicyclic amines) is 1. The van der Waals surface area contributed by atoms with Crippen LogP contribution in [0.4, 0.5) is 0 Å². The Hall–Kier alpha value is -0.120. The molecule has 0 aliphatic carbocycles. The zero-order valence-corrected chi connectivity index (χ0v) is 10.2. The van der Waals surface area contributed by atoms with Gasteiger partial charge in [0.05, 0.1) is 0 Å². The van der Waals surface area contributed by atoms with Crippen molar-refractivity contribution in [3.05, 3.63) is 0 Å². The molecule has 2 aliphatic rings. The van der Waals surface area contributed by atoms with Crippen molar-refractivity contribution in [2.24, 2.45) is 0 Å². The van der Waals surface area contributed by atoms with Gasteiger partial charge in [-0.1, -0.05) is 0 Å². The molecule has 1 N–H and O–H groups in total. The van der Waals surface area contributed by atoms with E-state index in [0.717, 1.165) is 12.1 Å². The van der Waals surface area contributed by atoms with E-state index in [9.17, 15) is 0 Å². The minimum atomic E-state index is 0.762. The zero-order valence-electron chi connectivity index (χ0n) is 10.2. The molecule has 2 rings (SSSR count). The summed E-state index contributed by atoms with van der Waals surface area (Å²) in [5.41, 5.74) is 0. The fraction of sp³-hybridized carbons (Fsp3) is 1.00. The minimum Gasteiger partial charge on any atom is -0.314 e. The highest BCUT2D eigenvalue weighted by atomic mass is 15.2. The van der Waals surface area contributed by atoms with Gasteiger partial charge in [-0.05, 0) is 39.8 Å². The van der Waals surface area contributed by atoms with Crippen molar-refractivity contribution in [2.75, 3.05) is 39.8 Å². The maximum absolute atomic E-state index is 3.42. The number of hydrogen-bond donors (Lipinski definition) is 1. The van der Waals surface area contributed by atoms with Crippen LogP contribution in [-0.4, -0.2) is 61.7 Å². The summed E-state index contributed by atoms with van der Waals surface area (Å²) >= 11 is 0. The molecule has 0 aromatic carbocycles. The van der Waals surface area contributed by atoms with E-state index in [0.29, 0.717) is 0 Å². The van der Waals surface area contributed by atoms with Crippen molar-refractivity contribution in [3.63, 3.8) is 0 Å². The molecule has 3 nitrogen and oxygen atoms in total. The molecule has 0 amide bonds. The zero-order chi connectivity index (χ0) is 10.7. The molecule has 88 valence electrons. The summed E-state index contributed by atoms with van der Waals surface area (Å²) in [4.78, 5) is 5.18. The topological polar surface area (TPSA) is 18.5 Å². The first-order chi connectivity index (χ1) is 7.27. The van der Waals surface area contributed by atoms with Gasteiger partial charge in [-0.15, -0.1) is 0 Å². The number of nitrogens with zero attached hydrogens (tertiary/aromatic N) is 2. The predicted octanol–water partition coefficient (Wildman–Crippen LogP) is 0.764. The normalized spacial score (nSPS) is 32.0. The fourth-order valence-corrected chi connectivity index (χ4v) is 2.94. The van der Waals surface area contributed by atoms with E-state index < -0.39 is 0 Å². The van der Waals surface area contributed by atoms with E-state index >= 15 is 0 Å². The molecular weight excluding hydrogens is 186 g/mol. The van der Waals surface area contributed by atoms with E-state index in [1.54, 1.807) is 0 Å². The van der Waals surface area contributed by atoms with E-state index in [1.807, 2.05) is 0 Å². The van der Waals surface area contributed by atoms with Crippen molar-refractivity contribution in [3.8, 4) is 0 Å². The lowest BCUT2D eigenvalue weighted by Crippen LogP contribution is -2.48. The van der Waals surface area contributed by atoms with Crippen LogP contribution in [0.1, 0.15) is 26.2 Å². The van der Waals surface area contributed by atoms with Crippen LogP contribution in [-0.2, 0) is 0 Å². The van der Waals surface area contributed by atoms with Crippen LogP contribution in [0.2, 0.25) is 0 Å². The van der Waals surface area contributed by atoms with Gasteiger partial charge in [0.1, 0.15) is 0 Å². The summed E-state index contributed by atoms with van der Waals surface area (Å²) in [5, 5.41) is 3.42. The third-order valence-electron chi connectivity index (χ3n) is 4.06. The van der Waals surface area contributed by atoms with Crippen LogP contribution in [0.3, 0.4) is 0 Å². The Kier molecular flexibility index (Phi) is 4.00. The summed E-state index contributed by atoms with van der Waals surface area (Å²) in [7, 11) is 2.28. The molecule has 2 aliphatic heterocycles. The lowest BCUT2D eigenvalue weighted by Gasteiger charge is -2.35. The van der Waals surface area contributed by atoms with Gasteiger partial charge in [0.2, 0.25) is 0 Å². The summed E-state index contributed by atoms with van der Waals surface area (Å²) in [5.74, 6) is 0. The molecule has 0 spiro atoms. The minimum absolute atomic E-state index is 0.762. The Labute approximate surface area is 93.8 Å². The largest absolute Gasteiger partial charge is 0.314 e. The summed E-state index contributed by atoms with van der Waals surface area (Å²) in [6.07, 6.45) is 4.17. The molecule has 0 aromatic rings. The first-order valence-electron chi connectivity index (χ1n) is 6.42. The van der Waals surface area contributed by atoms with Crippen molar-refractivity contribution < 1.29 is 0 Å². The summed E-state index contributed by atoms with van der Waals surface area (Å²) < 4.78 is 0. The van der Waals surface area contributed by atoms with Gasteiger partial charge in [0.15, 0.2) is 0 Å². The monoisotopic (exact) mass is 211 g/mol. The average Bonchev–Trinajstić information content (AvgIpc) is 2.66. The molecule has 2 fully saturated rings. The van der Waals surface area contributed by atoms with Crippen molar-refractivity contribution >= 4 is 0 Å². The van der Waals surface area contributed by atoms with Crippen molar-refractivity contribution in [1.29, 1.82) is 0 Å².